The van der Waals surface area contributed by atoms with Gasteiger partial charge in [-0.2, -0.15) is 0 Å². The maximum absolute atomic E-state index is 13.0. The second-order valence-corrected chi connectivity index (χ2v) is 7.94. The predicted molar refractivity (Wildman–Crippen MR) is 126 cm³/mol. The number of H-pyrrole nitrogens is 2. The average molecular weight is 464 g/mol. The Bertz CT molecular complexity index is 1520. The number of hydrogen-bond acceptors (Lipinski definition) is 7. The third-order valence-electron chi connectivity index (χ3n) is 6.19. The number of aromatic nitrogens is 3. The molecule has 2 aromatic carbocycles. The van der Waals surface area contributed by atoms with Crippen LogP contribution < -0.4 is 30.8 Å². The van der Waals surface area contributed by atoms with Crippen LogP contribution in [0.4, 0.5) is 0 Å². The van der Waals surface area contributed by atoms with Crippen LogP contribution >= 0.6 is 0 Å². The summed E-state index contributed by atoms with van der Waals surface area (Å²) in [6.07, 6.45) is 0.723. The fourth-order valence-corrected chi connectivity index (χ4v) is 4.57. The Morgan fingerprint density at radius 1 is 0.971 bits per heavy atom. The van der Waals surface area contributed by atoms with Crippen molar-refractivity contribution >= 4 is 10.9 Å². The number of rotatable bonds is 5. The highest BCUT2D eigenvalue weighted by Gasteiger charge is 2.32. The van der Waals surface area contributed by atoms with Gasteiger partial charge in [-0.1, -0.05) is 0 Å². The lowest BCUT2D eigenvalue weighted by molar-refractivity contribution is 0.388. The van der Waals surface area contributed by atoms with Gasteiger partial charge in [0.05, 0.1) is 33.1 Å². The molecule has 0 amide bonds. The summed E-state index contributed by atoms with van der Waals surface area (Å²) < 4.78 is 17.0. The minimum atomic E-state index is -0.796. The normalized spacial score (nSPS) is 15.2. The Labute approximate surface area is 193 Å². The molecular formula is C24H24N4O6. The standard InChI is InChI=1S/C24H24N4O6/c1-32-12-4-6-16-15(10-12)14-8-9-25-21(20(14)26-16)19-22(29)27-24(31)28(23(19)30)17-11-13(33-2)5-7-18(17)34-3/h4-7,10-11,21,25-26,30H,8-9H2,1-3H3,(H,27,29,31)/t21-/m1/s1. The SMILES string of the molecule is COc1ccc(OC)c(-n2c(O)c([C@H]3NCCc4c3[nH]c3ccc(OC)cc43)c(=O)[nH]c2=O)c1. The van der Waals surface area contributed by atoms with Crippen molar-refractivity contribution in [3.05, 3.63) is 74.1 Å². The van der Waals surface area contributed by atoms with Crippen LogP contribution in [0.3, 0.4) is 0 Å². The predicted octanol–water partition coefficient (Wildman–Crippen LogP) is 1.97. The molecule has 0 aliphatic carbocycles. The highest BCUT2D eigenvalue weighted by atomic mass is 16.5. The van der Waals surface area contributed by atoms with E-state index in [1.54, 1.807) is 25.3 Å². The number of fused-ring (bicyclic) bond motifs is 3. The van der Waals surface area contributed by atoms with Crippen LogP contribution in [-0.2, 0) is 6.42 Å². The van der Waals surface area contributed by atoms with Gasteiger partial charge in [-0.3, -0.25) is 9.78 Å². The molecule has 3 heterocycles. The molecule has 34 heavy (non-hydrogen) atoms. The summed E-state index contributed by atoms with van der Waals surface area (Å²) in [6, 6.07) is 9.88. The lowest BCUT2D eigenvalue weighted by Crippen LogP contribution is -2.38. The van der Waals surface area contributed by atoms with E-state index in [0.717, 1.165) is 38.9 Å². The Balaban J connectivity index is 1.74. The van der Waals surface area contributed by atoms with Crippen molar-refractivity contribution in [2.45, 2.75) is 12.5 Å². The zero-order chi connectivity index (χ0) is 24.0. The molecule has 4 aromatic rings. The molecule has 0 unspecified atom stereocenters. The molecule has 2 aromatic heterocycles. The van der Waals surface area contributed by atoms with Crippen molar-refractivity contribution in [1.82, 2.24) is 19.9 Å². The fourth-order valence-electron chi connectivity index (χ4n) is 4.57. The number of aromatic amines is 2. The molecular weight excluding hydrogens is 440 g/mol. The van der Waals surface area contributed by atoms with Crippen LogP contribution in [0, 0.1) is 0 Å². The molecule has 0 spiro atoms. The van der Waals surface area contributed by atoms with E-state index in [1.165, 1.54) is 14.2 Å². The number of benzene rings is 2. The Morgan fingerprint density at radius 3 is 2.44 bits per heavy atom. The van der Waals surface area contributed by atoms with Gasteiger partial charge in [0.15, 0.2) is 0 Å². The molecule has 176 valence electrons. The smallest absolute Gasteiger partial charge is 0.335 e. The van der Waals surface area contributed by atoms with Gasteiger partial charge in [0.1, 0.15) is 22.8 Å². The number of ether oxygens (including phenoxy) is 3. The first-order valence-corrected chi connectivity index (χ1v) is 10.7. The molecule has 10 heteroatoms. The molecule has 0 bridgehead atoms. The molecule has 1 aliphatic heterocycles. The largest absolute Gasteiger partial charge is 0.497 e. The van der Waals surface area contributed by atoms with E-state index in [1.807, 2.05) is 18.2 Å². The summed E-state index contributed by atoms with van der Waals surface area (Å²) >= 11 is 0. The van der Waals surface area contributed by atoms with Crippen LogP contribution in [0.5, 0.6) is 23.1 Å². The van der Waals surface area contributed by atoms with Crippen LogP contribution in [0.2, 0.25) is 0 Å². The maximum Gasteiger partial charge on any atom is 0.335 e. The van der Waals surface area contributed by atoms with Gasteiger partial charge < -0.3 is 29.6 Å². The van der Waals surface area contributed by atoms with Gasteiger partial charge in [-0.15, -0.1) is 0 Å². The lowest BCUT2D eigenvalue weighted by Gasteiger charge is -2.25. The third-order valence-corrected chi connectivity index (χ3v) is 6.19. The van der Waals surface area contributed by atoms with E-state index in [4.69, 9.17) is 14.2 Å². The van der Waals surface area contributed by atoms with Crippen LogP contribution in [0.25, 0.3) is 16.6 Å². The molecule has 10 nitrogen and oxygen atoms in total. The average Bonchev–Trinajstić information content (AvgIpc) is 3.22. The van der Waals surface area contributed by atoms with Crippen LogP contribution in [0.1, 0.15) is 22.9 Å². The minimum absolute atomic E-state index is 0.0175. The first-order chi connectivity index (χ1) is 16.5. The molecule has 0 saturated carbocycles. The maximum atomic E-state index is 13.0. The molecule has 5 rings (SSSR count). The second kappa shape index (κ2) is 8.31. The van der Waals surface area contributed by atoms with Crippen molar-refractivity contribution < 1.29 is 19.3 Å². The number of nitrogens with zero attached hydrogens (tertiary/aromatic N) is 1. The first-order valence-electron chi connectivity index (χ1n) is 10.7. The van der Waals surface area contributed by atoms with Crippen LogP contribution in [-0.4, -0.2) is 47.5 Å². The Morgan fingerprint density at radius 2 is 1.71 bits per heavy atom. The number of methoxy groups -OCH3 is 3. The Kier molecular flexibility index (Phi) is 5.29. The summed E-state index contributed by atoms with van der Waals surface area (Å²) in [4.78, 5) is 31.5. The summed E-state index contributed by atoms with van der Waals surface area (Å²) in [5.41, 5.74) is 1.44. The van der Waals surface area contributed by atoms with E-state index in [-0.39, 0.29) is 11.3 Å². The van der Waals surface area contributed by atoms with E-state index in [0.29, 0.717) is 18.0 Å². The molecule has 0 saturated heterocycles. The van der Waals surface area contributed by atoms with Crippen molar-refractivity contribution in [3.63, 3.8) is 0 Å². The fraction of sp³-hybridized carbons (Fsp3) is 0.250. The second-order valence-electron chi connectivity index (χ2n) is 7.94. The summed E-state index contributed by atoms with van der Waals surface area (Å²) in [6.45, 7) is 0.572. The van der Waals surface area contributed by atoms with Crippen molar-refractivity contribution in [2.75, 3.05) is 27.9 Å². The topological polar surface area (TPSA) is 131 Å². The summed E-state index contributed by atoms with van der Waals surface area (Å²) in [5, 5.41) is 15.6. The van der Waals surface area contributed by atoms with Gasteiger partial charge in [0, 0.05) is 29.2 Å². The third kappa shape index (κ3) is 3.30. The number of nitrogens with one attached hydrogen (secondary N) is 3. The van der Waals surface area contributed by atoms with Gasteiger partial charge in [0.2, 0.25) is 5.88 Å². The number of aromatic hydroxyl groups is 1. The van der Waals surface area contributed by atoms with E-state index < -0.39 is 23.2 Å². The highest BCUT2D eigenvalue weighted by molar-refractivity contribution is 5.86. The molecule has 1 atom stereocenters. The summed E-state index contributed by atoms with van der Waals surface area (Å²) in [5.74, 6) is 1.02. The van der Waals surface area contributed by atoms with Crippen molar-refractivity contribution in [3.8, 4) is 28.8 Å². The van der Waals surface area contributed by atoms with E-state index in [2.05, 4.69) is 15.3 Å². The van der Waals surface area contributed by atoms with Gasteiger partial charge in [-0.25, -0.2) is 9.36 Å². The van der Waals surface area contributed by atoms with E-state index >= 15 is 0 Å². The summed E-state index contributed by atoms with van der Waals surface area (Å²) in [7, 11) is 4.55. The van der Waals surface area contributed by atoms with Crippen molar-refractivity contribution in [1.29, 1.82) is 0 Å². The monoisotopic (exact) mass is 464 g/mol. The van der Waals surface area contributed by atoms with Crippen molar-refractivity contribution in [2.24, 2.45) is 0 Å². The number of hydrogen-bond donors (Lipinski definition) is 4. The molecule has 4 N–H and O–H groups in total. The molecule has 0 fully saturated rings. The van der Waals surface area contributed by atoms with Crippen LogP contribution in [0.15, 0.2) is 46.0 Å². The Hall–Kier alpha value is -4.18. The molecule has 1 aliphatic rings. The van der Waals surface area contributed by atoms with Gasteiger partial charge in [-0.05, 0) is 42.3 Å². The first kappa shape index (κ1) is 21.7. The minimum Gasteiger partial charge on any atom is -0.497 e. The zero-order valence-corrected chi connectivity index (χ0v) is 18.9. The quantitative estimate of drug-likeness (QED) is 0.355. The highest BCUT2D eigenvalue weighted by Crippen LogP contribution is 2.37. The molecule has 0 radical (unpaired) electrons. The lowest BCUT2D eigenvalue weighted by atomic mass is 9.95. The zero-order valence-electron chi connectivity index (χ0n) is 18.9. The van der Waals surface area contributed by atoms with E-state index in [9.17, 15) is 14.7 Å². The van der Waals surface area contributed by atoms with Gasteiger partial charge >= 0.3 is 5.69 Å². The van der Waals surface area contributed by atoms with Gasteiger partial charge in [0.25, 0.3) is 5.56 Å².